The van der Waals surface area contributed by atoms with E-state index in [4.69, 9.17) is 0 Å². The van der Waals surface area contributed by atoms with Crippen LogP contribution in [0.2, 0.25) is 0 Å². The van der Waals surface area contributed by atoms with Crippen LogP contribution < -0.4 is 16.0 Å². The van der Waals surface area contributed by atoms with Crippen molar-refractivity contribution >= 4 is 34.8 Å². The Balaban J connectivity index is 1.66. The van der Waals surface area contributed by atoms with E-state index in [1.807, 2.05) is 42.5 Å². The first kappa shape index (κ1) is 23.2. The molecule has 7 heteroatoms. The number of rotatable bonds is 10. The van der Waals surface area contributed by atoms with Gasteiger partial charge in [-0.25, -0.2) is 4.79 Å². The molecule has 0 spiro atoms. The number of amides is 2. The van der Waals surface area contributed by atoms with E-state index in [0.717, 1.165) is 16.3 Å². The lowest BCUT2D eigenvalue weighted by Crippen LogP contribution is -2.33. The van der Waals surface area contributed by atoms with E-state index in [1.54, 1.807) is 30.2 Å². The van der Waals surface area contributed by atoms with Gasteiger partial charge in [-0.3, -0.25) is 14.4 Å². The highest BCUT2D eigenvalue weighted by Gasteiger charge is 2.14. The summed E-state index contributed by atoms with van der Waals surface area (Å²) < 4.78 is 0. The second kappa shape index (κ2) is 11.2. The van der Waals surface area contributed by atoms with Gasteiger partial charge in [-0.1, -0.05) is 67.2 Å². The molecule has 0 saturated heterocycles. The standard InChI is InChI=1S/C26H23N3O4/c1-18(16-30)13-28-26(33)24(17-31)27-14-21-8-3-5-12-23(21)25(32)29-15-20-10-6-9-19-7-2-4-11-22(19)20/h2-12,16,27H,1,13-15H2,(H,28,33)(H,29,32). The van der Waals surface area contributed by atoms with Crippen molar-refractivity contribution in [1.29, 1.82) is 0 Å². The zero-order valence-electron chi connectivity index (χ0n) is 17.9. The predicted molar refractivity (Wildman–Crippen MR) is 126 cm³/mol. The van der Waals surface area contributed by atoms with Crippen LogP contribution in [0.25, 0.3) is 10.8 Å². The van der Waals surface area contributed by atoms with Crippen LogP contribution in [0.3, 0.4) is 0 Å². The molecule has 0 atom stereocenters. The highest BCUT2D eigenvalue weighted by molar-refractivity contribution is 6.00. The first-order valence-corrected chi connectivity index (χ1v) is 10.3. The monoisotopic (exact) mass is 441 g/mol. The van der Waals surface area contributed by atoms with Crippen molar-refractivity contribution in [2.75, 3.05) is 6.54 Å². The van der Waals surface area contributed by atoms with Crippen molar-refractivity contribution in [2.24, 2.45) is 0 Å². The number of hydrogen-bond donors (Lipinski definition) is 3. The first-order valence-electron chi connectivity index (χ1n) is 10.3. The van der Waals surface area contributed by atoms with Gasteiger partial charge in [-0.05, 0) is 28.0 Å². The van der Waals surface area contributed by atoms with E-state index < -0.39 is 5.91 Å². The number of fused-ring (bicyclic) bond motifs is 1. The van der Waals surface area contributed by atoms with Gasteiger partial charge in [0.1, 0.15) is 6.29 Å². The van der Waals surface area contributed by atoms with Crippen LogP contribution in [0.1, 0.15) is 21.5 Å². The lowest BCUT2D eigenvalue weighted by Gasteiger charge is -2.13. The summed E-state index contributed by atoms with van der Waals surface area (Å²) in [7, 11) is 0. The number of aldehydes is 1. The SMILES string of the molecule is C=C(C=O)CNC(=O)C(=C=O)NCc1ccccc1C(=O)NCc1cccc2ccccc12. The Hall–Kier alpha value is -4.48. The Kier molecular flexibility index (Phi) is 7.89. The van der Waals surface area contributed by atoms with Crippen LogP contribution in [-0.4, -0.2) is 30.6 Å². The van der Waals surface area contributed by atoms with Gasteiger partial charge in [0.2, 0.25) is 0 Å². The van der Waals surface area contributed by atoms with Crippen molar-refractivity contribution < 1.29 is 19.2 Å². The number of hydrogen-bond acceptors (Lipinski definition) is 5. The maximum Gasteiger partial charge on any atom is 0.279 e. The summed E-state index contributed by atoms with van der Waals surface area (Å²) in [6, 6.07) is 20.8. The fourth-order valence-corrected chi connectivity index (χ4v) is 3.28. The molecule has 0 radical (unpaired) electrons. The third kappa shape index (κ3) is 6.03. The summed E-state index contributed by atoms with van der Waals surface area (Å²) in [6.45, 7) is 3.79. The van der Waals surface area contributed by atoms with Gasteiger partial charge in [0, 0.05) is 30.8 Å². The molecule has 0 aliphatic heterocycles. The van der Waals surface area contributed by atoms with Crippen LogP contribution in [0.15, 0.2) is 84.6 Å². The fourth-order valence-electron chi connectivity index (χ4n) is 3.28. The summed E-state index contributed by atoms with van der Waals surface area (Å²) in [6.07, 6.45) is 0.519. The summed E-state index contributed by atoms with van der Waals surface area (Å²) in [5.74, 6) is 0.560. The maximum absolute atomic E-state index is 12.9. The van der Waals surface area contributed by atoms with Gasteiger partial charge in [-0.15, -0.1) is 0 Å². The summed E-state index contributed by atoms with van der Waals surface area (Å²) in [5.41, 5.74) is 1.86. The minimum absolute atomic E-state index is 0.0600. The molecule has 3 N–H and O–H groups in total. The van der Waals surface area contributed by atoms with E-state index in [1.165, 1.54) is 0 Å². The second-order valence-corrected chi connectivity index (χ2v) is 7.27. The topological polar surface area (TPSA) is 104 Å². The minimum Gasteiger partial charge on any atom is -0.367 e. The number of benzene rings is 3. The molecule has 0 aliphatic carbocycles. The van der Waals surface area contributed by atoms with Crippen molar-refractivity contribution in [3.05, 3.63) is 101 Å². The van der Waals surface area contributed by atoms with Crippen LogP contribution in [0, 0.1) is 0 Å². The Labute approximate surface area is 191 Å². The van der Waals surface area contributed by atoms with E-state index in [2.05, 4.69) is 22.5 Å². The van der Waals surface area contributed by atoms with Gasteiger partial charge < -0.3 is 16.0 Å². The smallest absolute Gasteiger partial charge is 0.279 e. The molecule has 0 aliphatic rings. The van der Waals surface area contributed by atoms with E-state index in [9.17, 15) is 19.2 Å². The average Bonchev–Trinajstić information content (AvgIpc) is 2.86. The van der Waals surface area contributed by atoms with Crippen LogP contribution in [0.5, 0.6) is 0 Å². The molecule has 3 rings (SSSR count). The van der Waals surface area contributed by atoms with Crippen LogP contribution in [-0.2, 0) is 27.5 Å². The van der Waals surface area contributed by atoms with Crippen LogP contribution >= 0.6 is 0 Å². The first-order chi connectivity index (χ1) is 16.0. The molecule has 0 heterocycles. The number of carbonyl (C=O) groups is 3. The highest BCUT2D eigenvalue weighted by Crippen LogP contribution is 2.18. The third-order valence-electron chi connectivity index (χ3n) is 5.01. The normalized spacial score (nSPS) is 10.1. The summed E-state index contributed by atoms with van der Waals surface area (Å²) >= 11 is 0. The van der Waals surface area contributed by atoms with Crippen molar-refractivity contribution in [3.8, 4) is 0 Å². The Morgan fingerprint density at radius 3 is 2.30 bits per heavy atom. The number of nitrogens with one attached hydrogen (secondary N) is 3. The van der Waals surface area contributed by atoms with Crippen molar-refractivity contribution in [3.63, 3.8) is 0 Å². The van der Waals surface area contributed by atoms with Gasteiger partial charge in [0.05, 0.1) is 0 Å². The predicted octanol–water partition coefficient (Wildman–Crippen LogP) is 2.45. The Morgan fingerprint density at radius 1 is 0.848 bits per heavy atom. The zero-order chi connectivity index (χ0) is 23.6. The van der Waals surface area contributed by atoms with Gasteiger partial charge >= 0.3 is 0 Å². The molecular weight excluding hydrogens is 418 g/mol. The molecule has 3 aromatic rings. The zero-order valence-corrected chi connectivity index (χ0v) is 17.9. The van der Waals surface area contributed by atoms with Crippen LogP contribution in [0.4, 0.5) is 0 Å². The molecule has 0 bridgehead atoms. The highest BCUT2D eigenvalue weighted by atomic mass is 16.2. The molecule has 3 aromatic carbocycles. The summed E-state index contributed by atoms with van der Waals surface area (Å²) in [4.78, 5) is 46.8. The summed E-state index contributed by atoms with van der Waals surface area (Å²) in [5, 5.41) is 10.2. The largest absolute Gasteiger partial charge is 0.367 e. The fraction of sp³-hybridized carbons (Fsp3) is 0.115. The average molecular weight is 441 g/mol. The third-order valence-corrected chi connectivity index (χ3v) is 5.01. The molecular formula is C26H23N3O4. The lowest BCUT2D eigenvalue weighted by atomic mass is 10.0. The quantitative estimate of drug-likeness (QED) is 0.255. The van der Waals surface area contributed by atoms with Crippen molar-refractivity contribution in [2.45, 2.75) is 13.1 Å². The molecule has 33 heavy (non-hydrogen) atoms. The molecule has 2 amide bonds. The van der Waals surface area contributed by atoms with Gasteiger partial charge in [-0.2, -0.15) is 0 Å². The minimum atomic E-state index is -0.717. The second-order valence-electron chi connectivity index (χ2n) is 7.27. The van der Waals surface area contributed by atoms with Crippen molar-refractivity contribution in [1.82, 2.24) is 16.0 Å². The van der Waals surface area contributed by atoms with E-state index in [0.29, 0.717) is 24.0 Å². The number of carbonyl (C=O) groups excluding carboxylic acids is 4. The Morgan fingerprint density at radius 2 is 1.52 bits per heavy atom. The van der Waals surface area contributed by atoms with E-state index in [-0.39, 0.29) is 30.3 Å². The van der Waals surface area contributed by atoms with Gasteiger partial charge in [0.15, 0.2) is 11.6 Å². The molecule has 166 valence electrons. The lowest BCUT2D eigenvalue weighted by molar-refractivity contribution is -0.117. The molecule has 7 nitrogen and oxygen atoms in total. The molecule has 0 saturated carbocycles. The Bertz CT molecular complexity index is 1250. The van der Waals surface area contributed by atoms with E-state index >= 15 is 0 Å². The maximum atomic E-state index is 12.9. The molecule has 0 aromatic heterocycles. The van der Waals surface area contributed by atoms with Gasteiger partial charge in [0.25, 0.3) is 11.8 Å². The molecule has 0 fully saturated rings. The molecule has 0 unspecified atom stereocenters.